The van der Waals surface area contributed by atoms with Gasteiger partial charge in [-0.25, -0.2) is 0 Å². The minimum Gasteiger partial charge on any atom is -0.466 e. The van der Waals surface area contributed by atoms with Gasteiger partial charge in [0.1, 0.15) is 0 Å². The second-order valence-corrected chi connectivity index (χ2v) is 8.67. The second kappa shape index (κ2) is 18.4. The number of rotatable bonds is 18. The maximum Gasteiger partial charge on any atom is 0.305 e. The Kier molecular flexibility index (Phi) is 16.6. The molecule has 2 unspecified atom stereocenters. The maximum absolute atomic E-state index is 12.0. The molecule has 1 saturated heterocycles. The van der Waals surface area contributed by atoms with Crippen LogP contribution in [-0.4, -0.2) is 55.5 Å². The van der Waals surface area contributed by atoms with Gasteiger partial charge in [-0.2, -0.15) is 0 Å². The van der Waals surface area contributed by atoms with E-state index in [1.54, 1.807) is 6.92 Å². The molecule has 1 aliphatic heterocycles. The van der Waals surface area contributed by atoms with Gasteiger partial charge < -0.3 is 19.1 Å². The first kappa shape index (κ1) is 27.9. The van der Waals surface area contributed by atoms with Gasteiger partial charge in [0.15, 0.2) is 6.29 Å². The molecule has 0 spiro atoms. The molecule has 6 heteroatoms. The standard InChI is InChI=1S/C25H47NO5/c1-4-6-9-15-23(31-25-18-11-13-21-30-25)16-14-20-26(22(3)27)19-12-8-7-10-17-24(28)29-5-2/h23,25H,4-21H2,1-3H3. The number of unbranched alkanes of at least 4 members (excludes halogenated alkanes) is 5. The molecule has 0 bridgehead atoms. The Labute approximate surface area is 190 Å². The lowest BCUT2D eigenvalue weighted by Crippen LogP contribution is -2.32. The quantitative estimate of drug-likeness (QED) is 0.204. The Hall–Kier alpha value is -1.14. The van der Waals surface area contributed by atoms with Crippen molar-refractivity contribution >= 4 is 11.9 Å². The van der Waals surface area contributed by atoms with Crippen LogP contribution in [0.4, 0.5) is 0 Å². The summed E-state index contributed by atoms with van der Waals surface area (Å²) in [5.41, 5.74) is 0. The molecule has 1 fully saturated rings. The van der Waals surface area contributed by atoms with Crippen molar-refractivity contribution in [2.75, 3.05) is 26.3 Å². The van der Waals surface area contributed by atoms with E-state index in [9.17, 15) is 9.59 Å². The van der Waals surface area contributed by atoms with Crippen molar-refractivity contribution in [2.24, 2.45) is 0 Å². The number of amides is 1. The highest BCUT2D eigenvalue weighted by Crippen LogP contribution is 2.21. The minimum absolute atomic E-state index is 0.0427. The molecule has 0 aromatic rings. The van der Waals surface area contributed by atoms with Crippen molar-refractivity contribution in [1.82, 2.24) is 4.90 Å². The molecule has 2 atom stereocenters. The van der Waals surface area contributed by atoms with E-state index in [-0.39, 0.29) is 24.3 Å². The van der Waals surface area contributed by atoms with E-state index in [4.69, 9.17) is 14.2 Å². The van der Waals surface area contributed by atoms with E-state index in [1.165, 1.54) is 25.7 Å². The number of ether oxygens (including phenoxy) is 3. The van der Waals surface area contributed by atoms with Crippen molar-refractivity contribution < 1.29 is 23.8 Å². The van der Waals surface area contributed by atoms with E-state index in [0.29, 0.717) is 13.0 Å². The zero-order chi connectivity index (χ0) is 22.7. The summed E-state index contributed by atoms with van der Waals surface area (Å²) in [5, 5.41) is 0. The van der Waals surface area contributed by atoms with Gasteiger partial charge in [0.05, 0.1) is 12.7 Å². The number of nitrogens with zero attached hydrogens (tertiary/aromatic N) is 1. The van der Waals surface area contributed by atoms with Gasteiger partial charge >= 0.3 is 5.97 Å². The Bertz CT molecular complexity index is 465. The highest BCUT2D eigenvalue weighted by atomic mass is 16.7. The van der Waals surface area contributed by atoms with E-state index in [0.717, 1.165) is 77.5 Å². The predicted octanol–water partition coefficient (Wildman–Crippen LogP) is 5.62. The number of esters is 1. The lowest BCUT2D eigenvalue weighted by molar-refractivity contribution is -0.191. The van der Waals surface area contributed by atoms with Gasteiger partial charge in [-0.1, -0.05) is 39.0 Å². The molecule has 0 N–H and O–H groups in total. The zero-order valence-corrected chi connectivity index (χ0v) is 20.4. The first-order valence-electron chi connectivity index (χ1n) is 12.7. The summed E-state index contributed by atoms with van der Waals surface area (Å²) in [6.07, 6.45) is 14.5. The van der Waals surface area contributed by atoms with E-state index < -0.39 is 0 Å². The van der Waals surface area contributed by atoms with E-state index >= 15 is 0 Å². The third-order valence-electron chi connectivity index (χ3n) is 5.88. The van der Waals surface area contributed by atoms with Crippen molar-refractivity contribution in [3.05, 3.63) is 0 Å². The van der Waals surface area contributed by atoms with Gasteiger partial charge in [-0.05, 0) is 58.3 Å². The molecule has 1 rings (SSSR count). The van der Waals surface area contributed by atoms with E-state index in [1.807, 2.05) is 11.8 Å². The average Bonchev–Trinajstić information content (AvgIpc) is 2.75. The summed E-state index contributed by atoms with van der Waals surface area (Å²) in [7, 11) is 0. The van der Waals surface area contributed by atoms with Crippen molar-refractivity contribution in [3.63, 3.8) is 0 Å². The van der Waals surface area contributed by atoms with Crippen molar-refractivity contribution in [3.8, 4) is 0 Å². The van der Waals surface area contributed by atoms with Crippen LogP contribution in [0.5, 0.6) is 0 Å². The van der Waals surface area contributed by atoms with Gasteiger partial charge in [0.25, 0.3) is 0 Å². The molecule has 0 radical (unpaired) electrons. The number of hydrogen-bond donors (Lipinski definition) is 0. The summed E-state index contributed by atoms with van der Waals surface area (Å²) in [6.45, 7) is 8.55. The average molecular weight is 442 g/mol. The topological polar surface area (TPSA) is 65.1 Å². The molecule has 31 heavy (non-hydrogen) atoms. The van der Waals surface area contributed by atoms with Crippen LogP contribution in [0.3, 0.4) is 0 Å². The maximum atomic E-state index is 12.0. The number of hydrogen-bond acceptors (Lipinski definition) is 5. The fourth-order valence-corrected chi connectivity index (χ4v) is 4.03. The van der Waals surface area contributed by atoms with Gasteiger partial charge in [0.2, 0.25) is 5.91 Å². The number of carbonyl (C=O) groups excluding carboxylic acids is 2. The van der Waals surface area contributed by atoms with Crippen LogP contribution in [0, 0.1) is 0 Å². The highest BCUT2D eigenvalue weighted by molar-refractivity contribution is 5.73. The molecule has 0 saturated carbocycles. The van der Waals surface area contributed by atoms with Crippen LogP contribution in [0.1, 0.15) is 111 Å². The summed E-state index contributed by atoms with van der Waals surface area (Å²) in [4.78, 5) is 25.4. The number of carbonyl (C=O) groups is 2. The van der Waals surface area contributed by atoms with Gasteiger partial charge in [0, 0.05) is 33.0 Å². The molecular formula is C25H47NO5. The van der Waals surface area contributed by atoms with Crippen LogP contribution in [0.2, 0.25) is 0 Å². The highest BCUT2D eigenvalue weighted by Gasteiger charge is 2.20. The first-order chi connectivity index (χ1) is 15.1. The van der Waals surface area contributed by atoms with Gasteiger partial charge in [-0.15, -0.1) is 0 Å². The summed E-state index contributed by atoms with van der Waals surface area (Å²) >= 11 is 0. The lowest BCUT2D eigenvalue weighted by atomic mass is 10.1. The summed E-state index contributed by atoms with van der Waals surface area (Å²) in [5.74, 6) is 0.0350. The normalized spacial score (nSPS) is 17.3. The summed E-state index contributed by atoms with van der Waals surface area (Å²) < 4.78 is 17.0. The third-order valence-corrected chi connectivity index (χ3v) is 5.88. The smallest absolute Gasteiger partial charge is 0.305 e. The zero-order valence-electron chi connectivity index (χ0n) is 20.4. The SMILES string of the molecule is CCCCCC(CCCN(CCCCCCC(=O)OCC)C(C)=O)OC1CCCCO1. The second-order valence-electron chi connectivity index (χ2n) is 8.67. The predicted molar refractivity (Wildman–Crippen MR) is 124 cm³/mol. The Morgan fingerprint density at radius 2 is 1.71 bits per heavy atom. The van der Waals surface area contributed by atoms with Crippen molar-refractivity contribution in [1.29, 1.82) is 0 Å². The van der Waals surface area contributed by atoms with Crippen LogP contribution in [0.15, 0.2) is 0 Å². The van der Waals surface area contributed by atoms with Crippen LogP contribution < -0.4 is 0 Å². The Balaban J connectivity index is 2.27. The molecule has 0 aliphatic carbocycles. The molecule has 0 aromatic carbocycles. The first-order valence-corrected chi connectivity index (χ1v) is 12.7. The van der Waals surface area contributed by atoms with Crippen LogP contribution in [-0.2, 0) is 23.8 Å². The lowest BCUT2D eigenvalue weighted by Gasteiger charge is -2.29. The molecule has 6 nitrogen and oxygen atoms in total. The fourth-order valence-electron chi connectivity index (χ4n) is 4.03. The Morgan fingerprint density at radius 1 is 0.968 bits per heavy atom. The molecule has 1 amide bonds. The monoisotopic (exact) mass is 441 g/mol. The van der Waals surface area contributed by atoms with Crippen LogP contribution in [0.25, 0.3) is 0 Å². The summed E-state index contributed by atoms with van der Waals surface area (Å²) in [6, 6.07) is 0. The molecular weight excluding hydrogens is 394 g/mol. The third kappa shape index (κ3) is 14.5. The minimum atomic E-state index is -0.109. The fraction of sp³-hybridized carbons (Fsp3) is 0.920. The van der Waals surface area contributed by atoms with E-state index in [2.05, 4.69) is 6.92 Å². The molecule has 1 heterocycles. The Morgan fingerprint density at radius 3 is 2.39 bits per heavy atom. The van der Waals surface area contributed by atoms with Gasteiger partial charge in [-0.3, -0.25) is 9.59 Å². The largest absolute Gasteiger partial charge is 0.466 e. The molecule has 182 valence electrons. The van der Waals surface area contributed by atoms with Crippen LogP contribution >= 0.6 is 0 Å². The van der Waals surface area contributed by atoms with Crippen molar-refractivity contribution in [2.45, 2.75) is 123 Å². The molecule has 1 aliphatic rings. The molecule has 0 aromatic heterocycles.